The van der Waals surface area contributed by atoms with Crippen LogP contribution in [0.25, 0.3) is 0 Å². The monoisotopic (exact) mass is 398 g/mol. The van der Waals surface area contributed by atoms with Crippen molar-refractivity contribution in [1.29, 1.82) is 0 Å². The number of rotatable bonds is 6. The van der Waals surface area contributed by atoms with Gasteiger partial charge in [-0.25, -0.2) is 12.8 Å². The number of hydrogen-bond donors (Lipinski definition) is 2. The molecule has 3 aromatic carbocycles. The molecule has 0 aromatic heterocycles. The summed E-state index contributed by atoms with van der Waals surface area (Å²) in [6.45, 7) is 3.04. The molecular weight excluding hydrogens is 379 g/mol. The van der Waals surface area contributed by atoms with Gasteiger partial charge in [0.05, 0.1) is 4.90 Å². The summed E-state index contributed by atoms with van der Waals surface area (Å²) in [4.78, 5) is 11.5. The van der Waals surface area contributed by atoms with Gasteiger partial charge in [0.25, 0.3) is 10.0 Å². The Bertz CT molecular complexity index is 1130. The second-order valence-electron chi connectivity index (χ2n) is 6.35. The smallest absolute Gasteiger partial charge is 0.262 e. The van der Waals surface area contributed by atoms with Crippen LogP contribution in [0.3, 0.4) is 0 Å². The van der Waals surface area contributed by atoms with Crippen LogP contribution in [0.5, 0.6) is 0 Å². The molecule has 0 unspecified atom stereocenters. The van der Waals surface area contributed by atoms with Gasteiger partial charge in [-0.15, -0.1) is 0 Å². The summed E-state index contributed by atoms with van der Waals surface area (Å²) in [6, 6.07) is 17.3. The quantitative estimate of drug-likeness (QED) is 0.580. The maximum Gasteiger partial charge on any atom is 0.262 e. The molecule has 0 aliphatic carbocycles. The molecule has 0 atom stereocenters. The van der Waals surface area contributed by atoms with E-state index in [2.05, 4.69) is 10.0 Å². The van der Waals surface area contributed by atoms with Gasteiger partial charge in [0.1, 0.15) is 5.82 Å². The Hall–Kier alpha value is -3.19. The van der Waals surface area contributed by atoms with Crippen molar-refractivity contribution in [3.05, 3.63) is 83.7 Å². The third-order valence-electron chi connectivity index (χ3n) is 4.12. The van der Waals surface area contributed by atoms with E-state index >= 15 is 0 Å². The largest absolute Gasteiger partial charge is 0.356 e. The van der Waals surface area contributed by atoms with Crippen LogP contribution < -0.4 is 10.0 Å². The normalized spacial score (nSPS) is 11.1. The summed E-state index contributed by atoms with van der Waals surface area (Å²) >= 11 is 0. The van der Waals surface area contributed by atoms with E-state index in [0.29, 0.717) is 16.8 Å². The fraction of sp³-hybridized carbons (Fsp3) is 0.0952. The van der Waals surface area contributed by atoms with Crippen LogP contribution in [0, 0.1) is 12.7 Å². The zero-order valence-corrected chi connectivity index (χ0v) is 16.2. The Morgan fingerprint density at radius 3 is 2.21 bits per heavy atom. The first-order valence-electron chi connectivity index (χ1n) is 8.52. The SMILES string of the molecule is CC(=O)c1cccc(Nc2ccc(NS(=O)(=O)c3ccc(F)cc3C)cc2)c1. The Balaban J connectivity index is 1.75. The standard InChI is InChI=1S/C21H19FN2O3S/c1-14-12-17(22)6-11-21(14)28(26,27)24-19-9-7-18(8-10-19)23-20-5-3-4-16(13-20)15(2)25/h3-13,23-24H,1-2H3. The van der Waals surface area contributed by atoms with E-state index < -0.39 is 15.8 Å². The zero-order chi connectivity index (χ0) is 20.3. The number of carbonyl (C=O) groups is 1. The van der Waals surface area contributed by atoms with Gasteiger partial charge in [-0.2, -0.15) is 0 Å². The Morgan fingerprint density at radius 2 is 1.57 bits per heavy atom. The summed E-state index contributed by atoms with van der Waals surface area (Å²) in [7, 11) is -3.82. The van der Waals surface area contributed by atoms with Crippen molar-refractivity contribution in [1.82, 2.24) is 0 Å². The fourth-order valence-electron chi connectivity index (χ4n) is 2.73. The van der Waals surface area contributed by atoms with Crippen molar-refractivity contribution in [2.24, 2.45) is 0 Å². The highest BCUT2D eigenvalue weighted by atomic mass is 32.2. The number of aryl methyl sites for hydroxylation is 1. The number of carbonyl (C=O) groups excluding carboxylic acids is 1. The molecular formula is C21H19FN2O3S. The number of benzene rings is 3. The average Bonchev–Trinajstić information content (AvgIpc) is 2.63. The minimum absolute atomic E-state index is 0.0236. The molecule has 3 aromatic rings. The van der Waals surface area contributed by atoms with E-state index in [0.717, 1.165) is 17.4 Å². The summed E-state index contributed by atoms with van der Waals surface area (Å²) in [5, 5.41) is 3.17. The Morgan fingerprint density at radius 1 is 0.893 bits per heavy atom. The lowest BCUT2D eigenvalue weighted by Crippen LogP contribution is -2.14. The van der Waals surface area contributed by atoms with E-state index in [9.17, 15) is 17.6 Å². The molecule has 5 nitrogen and oxygen atoms in total. The van der Waals surface area contributed by atoms with Gasteiger partial charge in [0.15, 0.2) is 5.78 Å². The van der Waals surface area contributed by atoms with E-state index in [1.54, 1.807) is 49.4 Å². The van der Waals surface area contributed by atoms with Gasteiger partial charge in [0.2, 0.25) is 0 Å². The lowest BCUT2D eigenvalue weighted by Gasteiger charge is -2.12. The first kappa shape index (κ1) is 19.6. The number of anilines is 3. The summed E-state index contributed by atoms with van der Waals surface area (Å²) < 4.78 is 40.8. The Labute approximate surface area is 163 Å². The molecule has 0 spiro atoms. The van der Waals surface area contributed by atoms with E-state index in [1.807, 2.05) is 6.07 Å². The molecule has 0 aliphatic heterocycles. The van der Waals surface area contributed by atoms with Crippen LogP contribution in [0.2, 0.25) is 0 Å². The molecule has 28 heavy (non-hydrogen) atoms. The second kappa shape index (κ2) is 7.82. The highest BCUT2D eigenvalue weighted by molar-refractivity contribution is 7.92. The molecule has 0 heterocycles. The summed E-state index contributed by atoms with van der Waals surface area (Å²) in [6.07, 6.45) is 0. The van der Waals surface area contributed by atoms with E-state index in [-0.39, 0.29) is 10.7 Å². The number of Topliss-reactive ketones (excluding diaryl/α,β-unsaturated/α-hetero) is 1. The van der Waals surface area contributed by atoms with Crippen molar-refractivity contribution in [3.63, 3.8) is 0 Å². The number of ketones is 1. The molecule has 0 aliphatic rings. The molecule has 0 saturated carbocycles. The topological polar surface area (TPSA) is 75.3 Å². The maximum absolute atomic E-state index is 13.2. The van der Waals surface area contributed by atoms with Crippen molar-refractivity contribution in [2.75, 3.05) is 10.0 Å². The molecule has 7 heteroatoms. The number of hydrogen-bond acceptors (Lipinski definition) is 4. The van der Waals surface area contributed by atoms with Gasteiger partial charge in [-0.1, -0.05) is 12.1 Å². The summed E-state index contributed by atoms with van der Waals surface area (Å²) in [5.74, 6) is -0.509. The second-order valence-corrected chi connectivity index (χ2v) is 8.01. The first-order valence-corrected chi connectivity index (χ1v) is 10.00. The highest BCUT2D eigenvalue weighted by Crippen LogP contribution is 2.23. The van der Waals surface area contributed by atoms with Gasteiger partial charge in [0, 0.05) is 22.6 Å². The van der Waals surface area contributed by atoms with Crippen molar-refractivity contribution < 1.29 is 17.6 Å². The molecule has 0 radical (unpaired) electrons. The van der Waals surface area contributed by atoms with Crippen molar-refractivity contribution in [3.8, 4) is 0 Å². The van der Waals surface area contributed by atoms with Crippen LogP contribution >= 0.6 is 0 Å². The van der Waals surface area contributed by atoms with Crippen molar-refractivity contribution >= 4 is 32.9 Å². The molecule has 0 fully saturated rings. The lowest BCUT2D eigenvalue weighted by molar-refractivity contribution is 0.101. The van der Waals surface area contributed by atoms with Crippen molar-refractivity contribution in [2.45, 2.75) is 18.7 Å². The lowest BCUT2D eigenvalue weighted by atomic mass is 10.1. The van der Waals surface area contributed by atoms with Gasteiger partial charge < -0.3 is 5.32 Å². The molecule has 2 N–H and O–H groups in total. The number of sulfonamides is 1. The van der Waals surface area contributed by atoms with E-state index in [1.165, 1.54) is 19.1 Å². The van der Waals surface area contributed by atoms with Crippen LogP contribution in [0.1, 0.15) is 22.8 Å². The molecule has 144 valence electrons. The van der Waals surface area contributed by atoms with Gasteiger partial charge in [-0.3, -0.25) is 9.52 Å². The third-order valence-corrected chi connectivity index (χ3v) is 5.66. The molecule has 3 rings (SSSR count). The highest BCUT2D eigenvalue weighted by Gasteiger charge is 2.17. The third kappa shape index (κ3) is 4.55. The van der Waals surface area contributed by atoms with Crippen LogP contribution in [0.4, 0.5) is 21.5 Å². The van der Waals surface area contributed by atoms with Gasteiger partial charge in [-0.05, 0) is 74.0 Å². The fourth-order valence-corrected chi connectivity index (χ4v) is 4.02. The maximum atomic E-state index is 13.2. The molecule has 0 bridgehead atoms. The van der Waals surface area contributed by atoms with Crippen LogP contribution in [0.15, 0.2) is 71.6 Å². The number of halogens is 1. The van der Waals surface area contributed by atoms with Crippen LogP contribution in [-0.2, 0) is 10.0 Å². The molecule has 0 saturated heterocycles. The predicted molar refractivity (Wildman–Crippen MR) is 108 cm³/mol. The van der Waals surface area contributed by atoms with Crippen LogP contribution in [-0.4, -0.2) is 14.2 Å². The minimum atomic E-state index is -3.82. The van der Waals surface area contributed by atoms with E-state index in [4.69, 9.17) is 0 Å². The van der Waals surface area contributed by atoms with Gasteiger partial charge >= 0.3 is 0 Å². The number of nitrogens with one attached hydrogen (secondary N) is 2. The predicted octanol–water partition coefficient (Wildman–Crippen LogP) is 4.88. The average molecular weight is 398 g/mol. The zero-order valence-electron chi connectivity index (χ0n) is 15.4. The first-order chi connectivity index (χ1) is 13.2. The summed E-state index contributed by atoms with van der Waals surface area (Å²) in [5.41, 5.74) is 2.80. The Kier molecular flexibility index (Phi) is 5.46. The molecule has 0 amide bonds. The minimum Gasteiger partial charge on any atom is -0.356 e.